The van der Waals surface area contributed by atoms with Gasteiger partial charge in [0.15, 0.2) is 15.6 Å². The molecule has 1 heterocycles. The number of sulfone groups is 1. The predicted molar refractivity (Wildman–Crippen MR) is 97.9 cm³/mol. The Bertz CT molecular complexity index is 973. The van der Waals surface area contributed by atoms with Crippen LogP contribution in [0.3, 0.4) is 0 Å². The summed E-state index contributed by atoms with van der Waals surface area (Å²) >= 11 is 5.91. The number of ether oxygens (including phenoxy) is 1. The first-order valence-electron chi connectivity index (χ1n) is 7.52. The summed E-state index contributed by atoms with van der Waals surface area (Å²) in [6, 6.07) is 11.3. The van der Waals surface area contributed by atoms with Crippen LogP contribution in [0, 0.1) is 0 Å². The number of Topliss-reactive ketones (excluding diaryl/α,β-unsaturated/α-hetero) is 1. The molecule has 0 aromatic heterocycles. The number of rotatable bonds is 4. The molecule has 6 heteroatoms. The van der Waals surface area contributed by atoms with Gasteiger partial charge in [0.05, 0.1) is 10.6 Å². The summed E-state index contributed by atoms with van der Waals surface area (Å²) in [6.07, 6.45) is 3.23. The fraction of sp³-hybridized carbons (Fsp3) is 0.105. The molecule has 0 amide bonds. The lowest BCUT2D eigenvalue weighted by molar-refractivity contribution is 0.103. The van der Waals surface area contributed by atoms with E-state index in [-0.39, 0.29) is 27.6 Å². The number of carbonyl (C=O) groups excluding carboxylic acids is 1. The van der Waals surface area contributed by atoms with Gasteiger partial charge < -0.3 is 4.74 Å². The molecule has 0 fully saturated rings. The lowest BCUT2D eigenvalue weighted by atomic mass is 10.0. The van der Waals surface area contributed by atoms with E-state index in [0.29, 0.717) is 17.4 Å². The molecule has 0 saturated carbocycles. The average Bonchev–Trinajstić information content (AvgIpc) is 2.58. The molecule has 2 aromatic carbocycles. The van der Waals surface area contributed by atoms with Gasteiger partial charge in [0.25, 0.3) is 0 Å². The van der Waals surface area contributed by atoms with Gasteiger partial charge in [0, 0.05) is 16.2 Å². The molecule has 0 bridgehead atoms. The standard InChI is InChI=1S/C19H15ClO4S/c1-2-9-24-16-6-3-13(4-7-16)10-14-12-25(22,23)18-8-5-15(20)11-17(18)19(14)21/h2-8,10-11H,1,9,12H2/b14-10+. The summed E-state index contributed by atoms with van der Waals surface area (Å²) in [6.45, 7) is 3.98. The van der Waals surface area contributed by atoms with Gasteiger partial charge in [-0.3, -0.25) is 4.79 Å². The van der Waals surface area contributed by atoms with E-state index in [4.69, 9.17) is 16.3 Å². The van der Waals surface area contributed by atoms with Crippen LogP contribution < -0.4 is 4.74 Å². The highest BCUT2D eigenvalue weighted by atomic mass is 35.5. The van der Waals surface area contributed by atoms with E-state index in [1.165, 1.54) is 18.2 Å². The fourth-order valence-electron chi connectivity index (χ4n) is 2.60. The Hall–Kier alpha value is -2.37. The fourth-order valence-corrected chi connectivity index (χ4v) is 4.31. The number of ketones is 1. The van der Waals surface area contributed by atoms with Crippen molar-refractivity contribution < 1.29 is 17.9 Å². The van der Waals surface area contributed by atoms with E-state index in [2.05, 4.69) is 6.58 Å². The maximum Gasteiger partial charge on any atom is 0.191 e. The van der Waals surface area contributed by atoms with E-state index in [1.807, 2.05) is 0 Å². The third kappa shape index (κ3) is 3.67. The number of benzene rings is 2. The van der Waals surface area contributed by atoms with Crippen molar-refractivity contribution in [1.29, 1.82) is 0 Å². The van der Waals surface area contributed by atoms with Crippen molar-refractivity contribution in [3.8, 4) is 5.75 Å². The van der Waals surface area contributed by atoms with Gasteiger partial charge in [-0.1, -0.05) is 36.4 Å². The van der Waals surface area contributed by atoms with E-state index in [0.717, 1.165) is 5.56 Å². The van der Waals surface area contributed by atoms with Crippen LogP contribution in [0.1, 0.15) is 15.9 Å². The molecule has 1 aliphatic heterocycles. The summed E-state index contributed by atoms with van der Waals surface area (Å²) in [7, 11) is -3.56. The lowest BCUT2D eigenvalue weighted by Gasteiger charge is -2.18. The number of carbonyl (C=O) groups is 1. The van der Waals surface area contributed by atoms with Gasteiger partial charge in [0.2, 0.25) is 0 Å². The molecule has 0 atom stereocenters. The highest BCUT2D eigenvalue weighted by Gasteiger charge is 2.32. The Labute approximate surface area is 151 Å². The van der Waals surface area contributed by atoms with Crippen molar-refractivity contribution >= 4 is 33.3 Å². The SMILES string of the molecule is C=CCOc1ccc(/C=C2\CS(=O)(=O)c3ccc(Cl)cc3C2=O)cc1. The first-order chi connectivity index (χ1) is 11.9. The smallest absolute Gasteiger partial charge is 0.191 e. The van der Waals surface area contributed by atoms with Crippen LogP contribution >= 0.6 is 11.6 Å². The number of hydrogen-bond donors (Lipinski definition) is 0. The topological polar surface area (TPSA) is 60.4 Å². The number of hydrogen-bond acceptors (Lipinski definition) is 4. The van der Waals surface area contributed by atoms with Crippen LogP contribution in [0.15, 0.2) is 65.6 Å². The second-order valence-corrected chi connectivity index (χ2v) is 7.96. The quantitative estimate of drug-likeness (QED) is 0.600. The largest absolute Gasteiger partial charge is 0.490 e. The monoisotopic (exact) mass is 374 g/mol. The lowest BCUT2D eigenvalue weighted by Crippen LogP contribution is -2.24. The molecule has 0 N–H and O–H groups in total. The van der Waals surface area contributed by atoms with Crippen molar-refractivity contribution in [1.82, 2.24) is 0 Å². The Morgan fingerprint density at radius 3 is 2.56 bits per heavy atom. The van der Waals surface area contributed by atoms with Crippen molar-refractivity contribution in [2.75, 3.05) is 12.4 Å². The maximum atomic E-state index is 12.6. The Morgan fingerprint density at radius 2 is 1.88 bits per heavy atom. The van der Waals surface area contributed by atoms with Gasteiger partial charge >= 0.3 is 0 Å². The zero-order chi connectivity index (χ0) is 18.0. The molecule has 0 saturated heterocycles. The minimum absolute atomic E-state index is 0.0345. The molecule has 25 heavy (non-hydrogen) atoms. The first-order valence-corrected chi connectivity index (χ1v) is 9.55. The van der Waals surface area contributed by atoms with Crippen molar-refractivity contribution in [3.05, 3.63) is 76.8 Å². The van der Waals surface area contributed by atoms with Gasteiger partial charge in [-0.2, -0.15) is 0 Å². The molecule has 3 rings (SSSR count). The van der Waals surface area contributed by atoms with Crippen molar-refractivity contribution in [3.63, 3.8) is 0 Å². The van der Waals surface area contributed by atoms with Crippen LogP contribution in [-0.4, -0.2) is 26.6 Å². The van der Waals surface area contributed by atoms with Crippen LogP contribution in [0.25, 0.3) is 6.08 Å². The van der Waals surface area contributed by atoms with Crippen LogP contribution in [0.2, 0.25) is 5.02 Å². The molecule has 0 aliphatic carbocycles. The van der Waals surface area contributed by atoms with E-state index < -0.39 is 9.84 Å². The highest BCUT2D eigenvalue weighted by molar-refractivity contribution is 7.91. The predicted octanol–water partition coefficient (Wildman–Crippen LogP) is 3.96. The van der Waals surface area contributed by atoms with Crippen molar-refractivity contribution in [2.45, 2.75) is 4.90 Å². The second-order valence-electron chi connectivity index (χ2n) is 5.57. The molecule has 0 unspecified atom stereocenters. The molecule has 0 spiro atoms. The Morgan fingerprint density at radius 1 is 1.16 bits per heavy atom. The minimum Gasteiger partial charge on any atom is -0.490 e. The zero-order valence-corrected chi connectivity index (χ0v) is 14.8. The van der Waals surface area contributed by atoms with Crippen LogP contribution in [-0.2, 0) is 9.84 Å². The Kier molecular flexibility index (Phi) is 4.79. The van der Waals surface area contributed by atoms with Gasteiger partial charge in [-0.25, -0.2) is 8.42 Å². The van der Waals surface area contributed by atoms with Crippen LogP contribution in [0.4, 0.5) is 0 Å². The molecule has 0 radical (unpaired) electrons. The summed E-state index contributed by atoms with van der Waals surface area (Å²) in [4.78, 5) is 12.7. The van der Waals surface area contributed by atoms with Crippen molar-refractivity contribution in [2.24, 2.45) is 0 Å². The molecule has 128 valence electrons. The van der Waals surface area contributed by atoms with Gasteiger partial charge in [-0.15, -0.1) is 0 Å². The normalized spacial score (nSPS) is 17.2. The molecule has 4 nitrogen and oxygen atoms in total. The van der Waals surface area contributed by atoms with Gasteiger partial charge in [0.1, 0.15) is 12.4 Å². The highest BCUT2D eigenvalue weighted by Crippen LogP contribution is 2.31. The minimum atomic E-state index is -3.56. The third-order valence-corrected chi connectivity index (χ3v) is 5.70. The summed E-state index contributed by atoms with van der Waals surface area (Å²) in [5, 5.41) is 0.326. The summed E-state index contributed by atoms with van der Waals surface area (Å²) in [5.74, 6) is 0.0240. The van der Waals surface area contributed by atoms with E-state index >= 15 is 0 Å². The average molecular weight is 375 g/mol. The molecule has 2 aromatic rings. The Balaban J connectivity index is 1.96. The first kappa shape index (κ1) is 17.5. The number of halogens is 1. The van der Waals surface area contributed by atoms with Gasteiger partial charge in [-0.05, 0) is 42.0 Å². The second kappa shape index (κ2) is 6.86. The molecule has 1 aliphatic rings. The number of fused-ring (bicyclic) bond motifs is 1. The summed E-state index contributed by atoms with van der Waals surface area (Å²) in [5.41, 5.74) is 1.06. The zero-order valence-electron chi connectivity index (χ0n) is 13.2. The van der Waals surface area contributed by atoms with E-state index in [1.54, 1.807) is 36.4 Å². The third-order valence-electron chi connectivity index (χ3n) is 3.75. The molecular formula is C19H15ClO4S. The van der Waals surface area contributed by atoms with Crippen LogP contribution in [0.5, 0.6) is 5.75 Å². The molecular weight excluding hydrogens is 360 g/mol. The summed E-state index contributed by atoms with van der Waals surface area (Å²) < 4.78 is 30.3. The maximum absolute atomic E-state index is 12.6. The van der Waals surface area contributed by atoms with E-state index in [9.17, 15) is 13.2 Å².